The SMILES string of the molecule is COC(=O)CC1CCC(CC(=O)Nc2cnc(-c3ccc(C4(N)CC(F)(F)C4)cc3)c(-c3ccccc3)c2)CC1. The number of nitrogens with two attached hydrogens (primary N) is 1. The molecular weight excluding hydrogens is 512 g/mol. The summed E-state index contributed by atoms with van der Waals surface area (Å²) in [6.07, 6.45) is 5.50. The van der Waals surface area contributed by atoms with Crippen molar-refractivity contribution in [2.24, 2.45) is 17.6 Å². The number of benzene rings is 2. The molecule has 2 aromatic carbocycles. The zero-order valence-corrected chi connectivity index (χ0v) is 22.7. The lowest BCUT2D eigenvalue weighted by molar-refractivity contribution is -0.142. The maximum atomic E-state index is 13.5. The zero-order chi connectivity index (χ0) is 28.3. The zero-order valence-electron chi connectivity index (χ0n) is 22.7. The number of alkyl halides is 2. The van der Waals surface area contributed by atoms with Crippen molar-refractivity contribution in [2.45, 2.75) is 62.8 Å². The van der Waals surface area contributed by atoms with E-state index in [0.29, 0.717) is 30.0 Å². The summed E-state index contributed by atoms with van der Waals surface area (Å²) in [5, 5.41) is 3.02. The van der Waals surface area contributed by atoms with Gasteiger partial charge in [-0.25, -0.2) is 8.78 Å². The second-order valence-corrected chi connectivity index (χ2v) is 11.3. The number of rotatable bonds is 8. The van der Waals surface area contributed by atoms with Crippen LogP contribution in [-0.4, -0.2) is 29.9 Å². The van der Waals surface area contributed by atoms with Crippen LogP contribution in [0.15, 0.2) is 66.9 Å². The fraction of sp³-hybridized carbons (Fsp3) is 0.406. The molecule has 2 aliphatic carbocycles. The van der Waals surface area contributed by atoms with Crippen LogP contribution < -0.4 is 11.1 Å². The predicted octanol–water partition coefficient (Wildman–Crippen LogP) is 6.70. The number of hydrogen-bond acceptors (Lipinski definition) is 5. The molecule has 0 unspecified atom stereocenters. The van der Waals surface area contributed by atoms with Crippen LogP contribution in [-0.2, 0) is 19.9 Å². The highest BCUT2D eigenvalue weighted by atomic mass is 19.3. The molecule has 3 N–H and O–H groups in total. The van der Waals surface area contributed by atoms with E-state index in [1.165, 1.54) is 7.11 Å². The number of nitrogens with one attached hydrogen (secondary N) is 1. The Morgan fingerprint density at radius 2 is 1.57 bits per heavy atom. The van der Waals surface area contributed by atoms with E-state index >= 15 is 0 Å². The van der Waals surface area contributed by atoms with Crippen molar-refractivity contribution in [3.63, 3.8) is 0 Å². The molecule has 1 aromatic heterocycles. The van der Waals surface area contributed by atoms with Gasteiger partial charge in [-0.1, -0.05) is 54.6 Å². The minimum atomic E-state index is -2.71. The van der Waals surface area contributed by atoms with Crippen LogP contribution in [0.2, 0.25) is 0 Å². The molecule has 6 nitrogen and oxygen atoms in total. The number of methoxy groups -OCH3 is 1. The summed E-state index contributed by atoms with van der Waals surface area (Å²) in [6.45, 7) is 0. The van der Waals surface area contributed by atoms with Crippen molar-refractivity contribution in [1.29, 1.82) is 0 Å². The van der Waals surface area contributed by atoms with Crippen molar-refractivity contribution < 1.29 is 23.1 Å². The Morgan fingerprint density at radius 3 is 2.17 bits per heavy atom. The number of pyridine rings is 1. The molecule has 0 atom stereocenters. The van der Waals surface area contributed by atoms with Crippen molar-refractivity contribution in [1.82, 2.24) is 4.98 Å². The van der Waals surface area contributed by atoms with Crippen molar-refractivity contribution >= 4 is 17.6 Å². The van der Waals surface area contributed by atoms with E-state index in [2.05, 4.69) is 5.32 Å². The molecule has 0 bridgehead atoms. The maximum absolute atomic E-state index is 13.5. The molecule has 5 rings (SSSR count). The van der Waals surface area contributed by atoms with Gasteiger partial charge in [0.1, 0.15) is 0 Å². The van der Waals surface area contributed by atoms with Crippen LogP contribution in [0.1, 0.15) is 56.9 Å². The molecule has 0 aliphatic heterocycles. The molecular formula is C32H35F2N3O3. The Hall–Kier alpha value is -3.65. The lowest BCUT2D eigenvalue weighted by Gasteiger charge is -2.44. The van der Waals surface area contributed by atoms with Gasteiger partial charge in [0.2, 0.25) is 5.91 Å². The Labute approximate surface area is 233 Å². The molecule has 0 spiro atoms. The molecule has 2 fully saturated rings. The minimum Gasteiger partial charge on any atom is -0.469 e. The summed E-state index contributed by atoms with van der Waals surface area (Å²) >= 11 is 0. The van der Waals surface area contributed by atoms with E-state index in [9.17, 15) is 18.4 Å². The average molecular weight is 548 g/mol. The lowest BCUT2D eigenvalue weighted by Crippen LogP contribution is -2.55. The van der Waals surface area contributed by atoms with Crippen molar-refractivity contribution in [3.8, 4) is 22.4 Å². The van der Waals surface area contributed by atoms with Gasteiger partial charge in [0.05, 0.1) is 30.2 Å². The van der Waals surface area contributed by atoms with Crippen LogP contribution in [0.3, 0.4) is 0 Å². The summed E-state index contributed by atoms with van der Waals surface area (Å²) in [7, 11) is 1.41. The molecule has 1 amide bonds. The summed E-state index contributed by atoms with van der Waals surface area (Å²) < 4.78 is 31.8. The van der Waals surface area contributed by atoms with Crippen LogP contribution in [0.25, 0.3) is 22.4 Å². The Bertz CT molecular complexity index is 1350. The standard InChI is InChI=1S/C32H35F2N3O3/c1-40-29(39)16-22-9-7-21(8-10-22)15-28(38)37-26-17-27(23-5-3-2-4-6-23)30(36-18-26)24-11-13-25(14-12-24)31(35)19-32(33,34)20-31/h2-6,11-14,17-18,21-22H,7-10,15-16,19-20,35H2,1H3,(H,37,38). The first kappa shape index (κ1) is 27.9. The van der Waals surface area contributed by atoms with Gasteiger partial charge in [-0.2, -0.15) is 0 Å². The third-order valence-electron chi connectivity index (χ3n) is 8.26. The van der Waals surface area contributed by atoms with E-state index in [-0.39, 0.29) is 30.6 Å². The van der Waals surface area contributed by atoms with Gasteiger partial charge < -0.3 is 15.8 Å². The van der Waals surface area contributed by atoms with Gasteiger partial charge in [0.15, 0.2) is 0 Å². The third-order valence-corrected chi connectivity index (χ3v) is 8.26. The normalized spacial score (nSPS) is 21.2. The maximum Gasteiger partial charge on any atom is 0.305 e. The van der Waals surface area contributed by atoms with Gasteiger partial charge in [-0.3, -0.25) is 14.6 Å². The molecule has 8 heteroatoms. The predicted molar refractivity (Wildman–Crippen MR) is 150 cm³/mol. The third kappa shape index (κ3) is 6.39. The first-order chi connectivity index (χ1) is 19.1. The summed E-state index contributed by atoms with van der Waals surface area (Å²) in [4.78, 5) is 29.2. The molecule has 2 saturated carbocycles. The number of aromatic nitrogens is 1. The molecule has 3 aromatic rings. The van der Waals surface area contributed by atoms with E-state index in [0.717, 1.165) is 48.1 Å². The molecule has 210 valence electrons. The molecule has 40 heavy (non-hydrogen) atoms. The first-order valence-electron chi connectivity index (χ1n) is 13.8. The number of ether oxygens (including phenoxy) is 1. The highest BCUT2D eigenvalue weighted by Gasteiger charge is 2.55. The molecule has 0 radical (unpaired) electrons. The number of carbonyl (C=O) groups excluding carboxylic acids is 2. The number of amides is 1. The van der Waals surface area contributed by atoms with E-state index in [1.54, 1.807) is 18.3 Å². The second kappa shape index (κ2) is 11.5. The van der Waals surface area contributed by atoms with Crippen LogP contribution in [0.4, 0.5) is 14.5 Å². The van der Waals surface area contributed by atoms with Gasteiger partial charge in [-0.15, -0.1) is 0 Å². The summed E-state index contributed by atoms with van der Waals surface area (Å²) in [5.74, 6) is -2.32. The van der Waals surface area contributed by atoms with E-state index < -0.39 is 11.5 Å². The monoisotopic (exact) mass is 547 g/mol. The molecule has 1 heterocycles. The van der Waals surface area contributed by atoms with Crippen LogP contribution in [0.5, 0.6) is 0 Å². The Morgan fingerprint density at radius 1 is 0.950 bits per heavy atom. The quantitative estimate of drug-likeness (QED) is 0.306. The minimum absolute atomic E-state index is 0.0557. The molecule has 2 aliphatic rings. The van der Waals surface area contributed by atoms with Gasteiger partial charge in [0, 0.05) is 36.8 Å². The fourth-order valence-corrected chi connectivity index (χ4v) is 6.07. The highest BCUT2D eigenvalue weighted by molar-refractivity contribution is 5.93. The van der Waals surface area contributed by atoms with E-state index in [4.69, 9.17) is 15.5 Å². The largest absolute Gasteiger partial charge is 0.469 e. The number of nitrogens with zero attached hydrogens (tertiary/aromatic N) is 1. The van der Waals surface area contributed by atoms with Crippen LogP contribution in [0, 0.1) is 11.8 Å². The number of anilines is 1. The average Bonchev–Trinajstić information content (AvgIpc) is 2.93. The number of hydrogen-bond donors (Lipinski definition) is 2. The Kier molecular flexibility index (Phi) is 7.99. The topological polar surface area (TPSA) is 94.3 Å². The fourth-order valence-electron chi connectivity index (χ4n) is 6.07. The van der Waals surface area contributed by atoms with Gasteiger partial charge in [0.25, 0.3) is 5.92 Å². The second-order valence-electron chi connectivity index (χ2n) is 11.3. The van der Waals surface area contributed by atoms with Crippen molar-refractivity contribution in [3.05, 3.63) is 72.4 Å². The van der Waals surface area contributed by atoms with Gasteiger partial charge >= 0.3 is 5.97 Å². The Balaban J connectivity index is 1.29. The highest BCUT2D eigenvalue weighted by Crippen LogP contribution is 2.50. The molecule has 0 saturated heterocycles. The van der Waals surface area contributed by atoms with Crippen molar-refractivity contribution in [2.75, 3.05) is 12.4 Å². The smallest absolute Gasteiger partial charge is 0.305 e. The lowest BCUT2D eigenvalue weighted by atomic mass is 9.70. The summed E-state index contributed by atoms with van der Waals surface area (Å²) in [6, 6.07) is 19.1. The number of carbonyl (C=O) groups is 2. The van der Waals surface area contributed by atoms with Crippen LogP contribution >= 0.6 is 0 Å². The number of esters is 1. The first-order valence-corrected chi connectivity index (χ1v) is 13.8. The van der Waals surface area contributed by atoms with E-state index in [1.807, 2.05) is 48.5 Å². The van der Waals surface area contributed by atoms with Gasteiger partial charge in [-0.05, 0) is 54.7 Å². The number of halogens is 2. The summed E-state index contributed by atoms with van der Waals surface area (Å²) in [5.41, 5.74) is 9.87.